The van der Waals surface area contributed by atoms with Gasteiger partial charge in [0.25, 0.3) is 0 Å². The highest BCUT2D eigenvalue weighted by Gasteiger charge is 2.17. The zero-order chi connectivity index (χ0) is 16.2. The molecule has 1 aromatic rings. The molecule has 9 heteroatoms. The number of nitrogens with one attached hydrogen (secondary N) is 3. The third-order valence-corrected chi connectivity index (χ3v) is 3.11. The summed E-state index contributed by atoms with van der Waals surface area (Å²) in [6.45, 7) is 1.50. The molecule has 1 unspecified atom stereocenters. The quantitative estimate of drug-likeness (QED) is 0.675. The molecule has 1 rings (SSSR count). The van der Waals surface area contributed by atoms with E-state index in [-0.39, 0.29) is 27.2 Å². The molecule has 4 N–H and O–H groups in total. The van der Waals surface area contributed by atoms with Gasteiger partial charge in [0.15, 0.2) is 0 Å². The van der Waals surface area contributed by atoms with Crippen molar-refractivity contribution >= 4 is 46.8 Å². The minimum Gasteiger partial charge on any atom is -0.478 e. The number of halogens is 2. The molecule has 0 bridgehead atoms. The molecule has 0 aliphatic heterocycles. The Balaban J connectivity index is 2.86. The van der Waals surface area contributed by atoms with Crippen LogP contribution in [0.1, 0.15) is 17.3 Å². The van der Waals surface area contributed by atoms with Crippen LogP contribution in [0.25, 0.3) is 0 Å². The van der Waals surface area contributed by atoms with Gasteiger partial charge in [0, 0.05) is 7.05 Å². The molecular weight excluding hydrogens is 321 g/mol. The Kier molecular flexibility index (Phi) is 5.80. The molecule has 114 valence electrons. The van der Waals surface area contributed by atoms with Gasteiger partial charge in [-0.3, -0.25) is 4.79 Å². The standard InChI is InChI=1S/C12H13Cl2N3O4/c1-5(10(18)15-2)16-12(21)17-9-7(13)3-6(11(19)20)4-8(9)14/h3-5H,1-2H3,(H,15,18)(H,19,20)(H2,16,17,21). The lowest BCUT2D eigenvalue weighted by Gasteiger charge is -2.15. The predicted octanol–water partition coefficient (Wildman–Crippen LogP) is 1.95. The van der Waals surface area contributed by atoms with Gasteiger partial charge in [0.05, 0.1) is 21.3 Å². The maximum atomic E-state index is 11.7. The lowest BCUT2D eigenvalue weighted by atomic mass is 10.2. The fraction of sp³-hybridized carbons (Fsp3) is 0.250. The number of carbonyl (C=O) groups excluding carboxylic acids is 2. The zero-order valence-electron chi connectivity index (χ0n) is 11.2. The fourth-order valence-corrected chi connectivity index (χ4v) is 2.03. The van der Waals surface area contributed by atoms with Crippen molar-refractivity contribution in [1.82, 2.24) is 10.6 Å². The maximum absolute atomic E-state index is 11.7. The van der Waals surface area contributed by atoms with Gasteiger partial charge in [-0.05, 0) is 19.1 Å². The minimum absolute atomic E-state index is 0.0253. The Morgan fingerprint density at radius 2 is 1.71 bits per heavy atom. The second-order valence-electron chi connectivity index (χ2n) is 4.05. The number of benzene rings is 1. The minimum atomic E-state index is -1.19. The third kappa shape index (κ3) is 4.51. The Labute approximate surface area is 130 Å². The van der Waals surface area contributed by atoms with Gasteiger partial charge < -0.3 is 21.1 Å². The Hall–Kier alpha value is -1.99. The van der Waals surface area contributed by atoms with Crippen LogP contribution < -0.4 is 16.0 Å². The monoisotopic (exact) mass is 333 g/mol. The first-order chi connectivity index (χ1) is 9.76. The van der Waals surface area contributed by atoms with Crippen molar-refractivity contribution in [2.75, 3.05) is 12.4 Å². The Bertz CT molecular complexity index is 569. The van der Waals surface area contributed by atoms with E-state index in [2.05, 4.69) is 16.0 Å². The first kappa shape index (κ1) is 17.1. The second kappa shape index (κ2) is 7.14. The molecule has 21 heavy (non-hydrogen) atoms. The van der Waals surface area contributed by atoms with E-state index in [0.29, 0.717) is 0 Å². The summed E-state index contributed by atoms with van der Waals surface area (Å²) in [5, 5.41) is 15.9. The van der Waals surface area contributed by atoms with Crippen molar-refractivity contribution < 1.29 is 19.5 Å². The summed E-state index contributed by atoms with van der Waals surface area (Å²) in [7, 11) is 1.44. The number of hydrogen-bond donors (Lipinski definition) is 4. The molecule has 1 atom stereocenters. The number of carboxylic acids is 1. The van der Waals surface area contributed by atoms with Crippen molar-refractivity contribution in [3.63, 3.8) is 0 Å². The number of carboxylic acid groups (broad SMARTS) is 1. The highest BCUT2D eigenvalue weighted by Crippen LogP contribution is 2.31. The van der Waals surface area contributed by atoms with Crippen molar-refractivity contribution in [2.45, 2.75) is 13.0 Å². The van der Waals surface area contributed by atoms with E-state index in [1.54, 1.807) is 0 Å². The number of rotatable bonds is 4. The number of likely N-dealkylation sites (N-methyl/N-ethyl adjacent to an activating group) is 1. The molecule has 0 aromatic heterocycles. The number of urea groups is 1. The SMILES string of the molecule is CNC(=O)C(C)NC(=O)Nc1c(Cl)cc(C(=O)O)cc1Cl. The van der Waals surface area contributed by atoms with Gasteiger partial charge in [0.2, 0.25) is 5.91 Å². The number of aromatic carboxylic acids is 1. The van der Waals surface area contributed by atoms with Gasteiger partial charge in [0.1, 0.15) is 6.04 Å². The first-order valence-electron chi connectivity index (χ1n) is 5.77. The van der Waals surface area contributed by atoms with Crippen LogP contribution in [0.5, 0.6) is 0 Å². The summed E-state index contributed by atoms with van der Waals surface area (Å²) in [5.74, 6) is -1.56. The van der Waals surface area contributed by atoms with E-state index in [0.717, 1.165) is 12.1 Å². The van der Waals surface area contributed by atoms with Crippen LogP contribution in [0.15, 0.2) is 12.1 Å². The molecule has 0 spiro atoms. The van der Waals surface area contributed by atoms with E-state index in [4.69, 9.17) is 28.3 Å². The molecule has 0 aliphatic rings. The molecule has 7 nitrogen and oxygen atoms in total. The molecule has 3 amide bonds. The maximum Gasteiger partial charge on any atom is 0.335 e. The smallest absolute Gasteiger partial charge is 0.335 e. The molecule has 1 aromatic carbocycles. The highest BCUT2D eigenvalue weighted by atomic mass is 35.5. The van der Waals surface area contributed by atoms with E-state index in [1.165, 1.54) is 14.0 Å². The van der Waals surface area contributed by atoms with Gasteiger partial charge >= 0.3 is 12.0 Å². The number of hydrogen-bond acceptors (Lipinski definition) is 3. The average Bonchev–Trinajstić information content (AvgIpc) is 2.41. The topological polar surface area (TPSA) is 108 Å². The summed E-state index contributed by atoms with van der Waals surface area (Å²) < 4.78 is 0. The van der Waals surface area contributed by atoms with Gasteiger partial charge in [-0.1, -0.05) is 23.2 Å². The zero-order valence-corrected chi connectivity index (χ0v) is 12.7. The van der Waals surface area contributed by atoms with Crippen molar-refractivity contribution in [2.24, 2.45) is 0 Å². The summed E-state index contributed by atoms with van der Waals surface area (Å²) >= 11 is 11.8. The number of amides is 3. The van der Waals surface area contributed by atoms with E-state index >= 15 is 0 Å². The summed E-state index contributed by atoms with van der Waals surface area (Å²) in [6.07, 6.45) is 0. The first-order valence-corrected chi connectivity index (χ1v) is 6.53. The number of anilines is 1. The Morgan fingerprint density at radius 3 is 2.14 bits per heavy atom. The highest BCUT2D eigenvalue weighted by molar-refractivity contribution is 6.40. The second-order valence-corrected chi connectivity index (χ2v) is 4.87. The molecule has 0 saturated carbocycles. The molecule has 0 heterocycles. The van der Waals surface area contributed by atoms with E-state index in [9.17, 15) is 14.4 Å². The van der Waals surface area contributed by atoms with Crippen LogP contribution in [0, 0.1) is 0 Å². The predicted molar refractivity (Wildman–Crippen MR) is 79.1 cm³/mol. The van der Waals surface area contributed by atoms with Crippen LogP contribution >= 0.6 is 23.2 Å². The third-order valence-electron chi connectivity index (χ3n) is 2.51. The van der Waals surface area contributed by atoms with Gasteiger partial charge in [-0.2, -0.15) is 0 Å². The van der Waals surface area contributed by atoms with Crippen LogP contribution in [-0.4, -0.2) is 36.1 Å². The number of carbonyl (C=O) groups is 3. The lowest BCUT2D eigenvalue weighted by Crippen LogP contribution is -2.45. The Morgan fingerprint density at radius 1 is 1.19 bits per heavy atom. The van der Waals surface area contributed by atoms with Crippen molar-refractivity contribution in [3.8, 4) is 0 Å². The molecular formula is C12H13Cl2N3O4. The summed E-state index contributed by atoms with van der Waals surface area (Å²) in [5.41, 5.74) is -0.0420. The summed E-state index contributed by atoms with van der Waals surface area (Å²) in [4.78, 5) is 33.8. The molecule has 0 radical (unpaired) electrons. The van der Waals surface area contributed by atoms with E-state index < -0.39 is 18.0 Å². The molecule has 0 aliphatic carbocycles. The van der Waals surface area contributed by atoms with Crippen LogP contribution in [-0.2, 0) is 4.79 Å². The largest absolute Gasteiger partial charge is 0.478 e. The van der Waals surface area contributed by atoms with Crippen LogP contribution in [0.2, 0.25) is 10.0 Å². The van der Waals surface area contributed by atoms with Gasteiger partial charge in [-0.25, -0.2) is 9.59 Å². The van der Waals surface area contributed by atoms with Crippen LogP contribution in [0.4, 0.5) is 10.5 Å². The van der Waals surface area contributed by atoms with Crippen LogP contribution in [0.3, 0.4) is 0 Å². The fourth-order valence-electron chi connectivity index (χ4n) is 1.44. The average molecular weight is 334 g/mol. The van der Waals surface area contributed by atoms with Gasteiger partial charge in [-0.15, -0.1) is 0 Å². The van der Waals surface area contributed by atoms with Crippen molar-refractivity contribution in [3.05, 3.63) is 27.7 Å². The lowest BCUT2D eigenvalue weighted by molar-refractivity contribution is -0.122. The van der Waals surface area contributed by atoms with E-state index in [1.807, 2.05) is 0 Å². The van der Waals surface area contributed by atoms with Crippen molar-refractivity contribution in [1.29, 1.82) is 0 Å². The molecule has 0 fully saturated rings. The normalized spacial score (nSPS) is 11.4. The molecule has 0 saturated heterocycles. The summed E-state index contributed by atoms with van der Waals surface area (Å²) in [6, 6.07) is 0.866.